The molecule has 3 amide bonds. The molecule has 1 aromatic heterocycles. The summed E-state index contributed by atoms with van der Waals surface area (Å²) in [7, 11) is 0. The van der Waals surface area contributed by atoms with Crippen LogP contribution < -0.4 is 10.6 Å². The van der Waals surface area contributed by atoms with Gasteiger partial charge in [0, 0.05) is 18.2 Å². The molecule has 1 aliphatic rings. The molecule has 9 nitrogen and oxygen atoms in total. The molecular weight excluding hydrogens is 400 g/mol. The zero-order valence-corrected chi connectivity index (χ0v) is 16.9. The second-order valence-electron chi connectivity index (χ2n) is 7.80. The molecule has 2 N–H and O–H groups in total. The molecule has 2 rings (SSSR count). The second kappa shape index (κ2) is 9.02. The number of pyridine rings is 1. The van der Waals surface area contributed by atoms with Crippen molar-refractivity contribution in [1.29, 1.82) is 5.26 Å². The highest BCUT2D eigenvalue weighted by Crippen LogP contribution is 2.31. The molecule has 162 valence electrons. The van der Waals surface area contributed by atoms with E-state index in [0.29, 0.717) is 5.69 Å². The van der Waals surface area contributed by atoms with Crippen LogP contribution in [0.15, 0.2) is 18.3 Å². The zero-order chi connectivity index (χ0) is 22.5. The van der Waals surface area contributed by atoms with Gasteiger partial charge in [-0.05, 0) is 32.9 Å². The van der Waals surface area contributed by atoms with Crippen molar-refractivity contribution in [1.82, 2.24) is 20.5 Å². The molecule has 0 aliphatic carbocycles. The monoisotopic (exact) mass is 423 g/mol. The number of hydrogen-bond donors (Lipinski definition) is 2. The van der Waals surface area contributed by atoms with E-state index in [1.807, 2.05) is 0 Å². The van der Waals surface area contributed by atoms with Gasteiger partial charge in [0.1, 0.15) is 11.6 Å². The van der Waals surface area contributed by atoms with Crippen LogP contribution >= 0.6 is 0 Å². The topological polar surface area (TPSA) is 124 Å². The van der Waals surface area contributed by atoms with Gasteiger partial charge in [0.15, 0.2) is 0 Å². The van der Waals surface area contributed by atoms with Crippen LogP contribution in [-0.4, -0.2) is 58.4 Å². The van der Waals surface area contributed by atoms with Gasteiger partial charge < -0.3 is 20.3 Å². The summed E-state index contributed by atoms with van der Waals surface area (Å²) < 4.78 is 32.0. The highest BCUT2D eigenvalue weighted by Gasteiger charge is 2.47. The fourth-order valence-corrected chi connectivity index (χ4v) is 2.75. The first-order valence-corrected chi connectivity index (χ1v) is 9.17. The number of ether oxygens (including phenoxy) is 1. The Hall–Kier alpha value is -3.29. The lowest BCUT2D eigenvalue weighted by molar-refractivity contribution is -0.131. The summed E-state index contributed by atoms with van der Waals surface area (Å²) in [4.78, 5) is 40.9. The van der Waals surface area contributed by atoms with Crippen molar-refractivity contribution in [2.75, 3.05) is 13.1 Å². The van der Waals surface area contributed by atoms with Gasteiger partial charge in [-0.3, -0.25) is 14.6 Å². The van der Waals surface area contributed by atoms with Gasteiger partial charge in [-0.25, -0.2) is 13.6 Å². The Morgan fingerprint density at radius 3 is 2.70 bits per heavy atom. The van der Waals surface area contributed by atoms with Gasteiger partial charge in [0.05, 0.1) is 31.4 Å². The maximum absolute atomic E-state index is 13.4. The van der Waals surface area contributed by atoms with Crippen LogP contribution in [0.3, 0.4) is 0 Å². The van der Waals surface area contributed by atoms with Gasteiger partial charge in [0.2, 0.25) is 5.91 Å². The van der Waals surface area contributed by atoms with Crippen LogP contribution in [0.25, 0.3) is 0 Å². The Kier molecular flexibility index (Phi) is 6.92. The molecule has 1 aliphatic heterocycles. The number of nitriles is 1. The number of halogens is 2. The molecule has 0 unspecified atom stereocenters. The van der Waals surface area contributed by atoms with Crippen molar-refractivity contribution in [2.24, 2.45) is 0 Å². The van der Waals surface area contributed by atoms with Crippen molar-refractivity contribution >= 4 is 17.9 Å². The lowest BCUT2D eigenvalue weighted by Gasteiger charge is -2.19. The Balaban J connectivity index is 1.90. The van der Waals surface area contributed by atoms with Crippen LogP contribution in [0, 0.1) is 11.3 Å². The first-order valence-electron chi connectivity index (χ1n) is 9.17. The molecule has 0 aromatic carbocycles. The first kappa shape index (κ1) is 23.0. The average molecular weight is 423 g/mol. The number of alkyl halides is 2. The number of carbonyl (C=O) groups is 3. The summed E-state index contributed by atoms with van der Waals surface area (Å²) in [6.45, 7) is 3.80. The highest BCUT2D eigenvalue weighted by atomic mass is 19.3. The fraction of sp³-hybridized carbons (Fsp3) is 0.526. The minimum atomic E-state index is -3.12. The third-order valence-electron chi connectivity index (χ3n) is 4.03. The van der Waals surface area contributed by atoms with Crippen LogP contribution in [0.5, 0.6) is 0 Å². The van der Waals surface area contributed by atoms with Gasteiger partial charge >= 0.3 is 6.09 Å². The molecular formula is C19H23F2N5O4. The lowest BCUT2D eigenvalue weighted by atomic mass is 10.2. The lowest BCUT2D eigenvalue weighted by Crippen LogP contribution is -2.43. The average Bonchev–Trinajstić information content (AvgIpc) is 2.98. The Morgan fingerprint density at radius 2 is 2.07 bits per heavy atom. The van der Waals surface area contributed by atoms with E-state index in [9.17, 15) is 23.2 Å². The number of amides is 3. The van der Waals surface area contributed by atoms with Gasteiger partial charge in [-0.2, -0.15) is 5.26 Å². The standard InChI is InChI=1S/C19H23F2N5O4/c1-18(2,3)30-17(29)25-9-13-6-12(4-5-23-13)16(28)24-10-15(27)26-11-19(20,21)7-14(26)8-22/h4-6,14H,7,9-11H2,1-3H3,(H,24,28)(H,25,29)/t14-/m0/s1. The molecule has 0 radical (unpaired) electrons. The number of aromatic nitrogens is 1. The number of nitrogens with one attached hydrogen (secondary N) is 2. The minimum Gasteiger partial charge on any atom is -0.444 e. The van der Waals surface area contributed by atoms with E-state index in [1.165, 1.54) is 18.3 Å². The number of nitrogens with zero attached hydrogens (tertiary/aromatic N) is 3. The van der Waals surface area contributed by atoms with Crippen LogP contribution in [-0.2, 0) is 16.1 Å². The molecule has 2 heterocycles. The number of likely N-dealkylation sites (tertiary alicyclic amines) is 1. The Bertz CT molecular complexity index is 863. The second-order valence-corrected chi connectivity index (χ2v) is 7.80. The van der Waals surface area contributed by atoms with E-state index in [4.69, 9.17) is 10.00 Å². The number of carbonyl (C=O) groups excluding carboxylic acids is 3. The van der Waals surface area contributed by atoms with E-state index < -0.39 is 55.0 Å². The first-order chi connectivity index (χ1) is 13.9. The summed E-state index contributed by atoms with van der Waals surface area (Å²) in [5, 5.41) is 13.8. The van der Waals surface area contributed by atoms with E-state index in [1.54, 1.807) is 26.8 Å². The third kappa shape index (κ3) is 6.65. The Labute approximate surface area is 172 Å². The molecule has 30 heavy (non-hydrogen) atoms. The summed E-state index contributed by atoms with van der Waals surface area (Å²) in [5.74, 6) is -4.52. The number of hydrogen-bond acceptors (Lipinski definition) is 6. The van der Waals surface area contributed by atoms with Gasteiger partial charge in [-0.15, -0.1) is 0 Å². The van der Waals surface area contributed by atoms with E-state index in [2.05, 4.69) is 15.6 Å². The molecule has 1 atom stereocenters. The van der Waals surface area contributed by atoms with Crippen LogP contribution in [0.1, 0.15) is 43.2 Å². The third-order valence-corrected chi connectivity index (χ3v) is 4.03. The van der Waals surface area contributed by atoms with Crippen molar-refractivity contribution in [3.05, 3.63) is 29.6 Å². The summed E-state index contributed by atoms with van der Waals surface area (Å²) in [6.07, 6.45) is -0.00358. The van der Waals surface area contributed by atoms with Crippen molar-refractivity contribution in [2.45, 2.75) is 51.3 Å². The quantitative estimate of drug-likeness (QED) is 0.741. The van der Waals surface area contributed by atoms with Gasteiger partial charge in [-0.1, -0.05) is 0 Å². The van der Waals surface area contributed by atoms with Gasteiger partial charge in [0.25, 0.3) is 11.8 Å². The summed E-state index contributed by atoms with van der Waals surface area (Å²) in [5.41, 5.74) is -0.110. The highest BCUT2D eigenvalue weighted by molar-refractivity contribution is 5.96. The summed E-state index contributed by atoms with van der Waals surface area (Å²) >= 11 is 0. The minimum absolute atomic E-state index is 0.0155. The van der Waals surface area contributed by atoms with Crippen LogP contribution in [0.4, 0.5) is 13.6 Å². The molecule has 0 saturated carbocycles. The predicted molar refractivity (Wildman–Crippen MR) is 100 cm³/mol. The van der Waals surface area contributed by atoms with Crippen molar-refractivity contribution in [3.63, 3.8) is 0 Å². The van der Waals surface area contributed by atoms with E-state index in [0.717, 1.165) is 4.90 Å². The molecule has 0 spiro atoms. The van der Waals surface area contributed by atoms with Crippen LogP contribution in [0.2, 0.25) is 0 Å². The SMILES string of the molecule is CC(C)(C)OC(=O)NCc1cc(C(=O)NCC(=O)N2CC(F)(F)C[C@H]2C#N)ccn1. The summed E-state index contributed by atoms with van der Waals surface area (Å²) in [6, 6.07) is 3.27. The maximum atomic E-state index is 13.4. The molecule has 1 saturated heterocycles. The normalized spacial score (nSPS) is 17.7. The Morgan fingerprint density at radius 1 is 1.37 bits per heavy atom. The molecule has 0 bridgehead atoms. The smallest absolute Gasteiger partial charge is 0.407 e. The van der Waals surface area contributed by atoms with E-state index in [-0.39, 0.29) is 12.1 Å². The molecule has 1 fully saturated rings. The van der Waals surface area contributed by atoms with Crippen molar-refractivity contribution in [3.8, 4) is 6.07 Å². The number of rotatable bonds is 5. The van der Waals surface area contributed by atoms with Crippen molar-refractivity contribution < 1.29 is 27.9 Å². The molecule has 11 heteroatoms. The largest absolute Gasteiger partial charge is 0.444 e. The molecule has 1 aromatic rings. The predicted octanol–water partition coefficient (Wildman–Crippen LogP) is 1.60. The van der Waals surface area contributed by atoms with E-state index >= 15 is 0 Å². The zero-order valence-electron chi connectivity index (χ0n) is 16.9. The maximum Gasteiger partial charge on any atom is 0.407 e. The fourth-order valence-electron chi connectivity index (χ4n) is 2.75. The number of alkyl carbamates (subject to hydrolysis) is 1.